The molecule has 0 aliphatic heterocycles. The SMILES string of the molecule is O=C(C=Cc1cccc([N+](=O)[O-])c1)N(CCO)CCO. The first kappa shape index (κ1) is 15.8. The van der Waals surface area contributed by atoms with Gasteiger partial charge in [-0.1, -0.05) is 12.1 Å². The van der Waals surface area contributed by atoms with Crippen molar-refractivity contribution in [3.63, 3.8) is 0 Å². The Labute approximate surface area is 115 Å². The number of rotatable bonds is 7. The molecule has 0 atom stereocenters. The highest BCUT2D eigenvalue weighted by Crippen LogP contribution is 2.14. The smallest absolute Gasteiger partial charge is 0.270 e. The van der Waals surface area contributed by atoms with Crippen molar-refractivity contribution in [3.05, 3.63) is 46.0 Å². The number of amides is 1. The van der Waals surface area contributed by atoms with Crippen LogP contribution in [0.15, 0.2) is 30.3 Å². The summed E-state index contributed by atoms with van der Waals surface area (Å²) in [6.45, 7) is -0.149. The summed E-state index contributed by atoms with van der Waals surface area (Å²) in [7, 11) is 0. The maximum atomic E-state index is 11.8. The number of non-ortho nitro benzene ring substituents is 1. The van der Waals surface area contributed by atoms with E-state index >= 15 is 0 Å². The largest absolute Gasteiger partial charge is 0.395 e. The summed E-state index contributed by atoms with van der Waals surface area (Å²) in [6.07, 6.45) is 2.71. The van der Waals surface area contributed by atoms with Gasteiger partial charge in [-0.2, -0.15) is 0 Å². The predicted octanol–water partition coefficient (Wildman–Crippen LogP) is 0.421. The summed E-state index contributed by atoms with van der Waals surface area (Å²) in [6, 6.07) is 5.88. The maximum Gasteiger partial charge on any atom is 0.270 e. The molecule has 7 nitrogen and oxygen atoms in total. The standard InChI is InChI=1S/C13H16N2O5/c16-8-6-14(7-9-17)13(18)5-4-11-2-1-3-12(10-11)15(19)20/h1-5,10,16-17H,6-9H2. The van der Waals surface area contributed by atoms with Crippen molar-refractivity contribution in [2.45, 2.75) is 0 Å². The number of hydrogen-bond donors (Lipinski definition) is 2. The molecule has 0 saturated carbocycles. The van der Waals surface area contributed by atoms with Crippen LogP contribution in [0.5, 0.6) is 0 Å². The molecular formula is C13H16N2O5. The minimum absolute atomic E-state index is 0.0535. The molecule has 0 fully saturated rings. The van der Waals surface area contributed by atoms with E-state index in [4.69, 9.17) is 10.2 Å². The first-order valence-corrected chi connectivity index (χ1v) is 6.01. The van der Waals surface area contributed by atoms with Crippen LogP contribution in [0.3, 0.4) is 0 Å². The molecule has 0 aliphatic rings. The van der Waals surface area contributed by atoms with E-state index in [9.17, 15) is 14.9 Å². The molecular weight excluding hydrogens is 264 g/mol. The molecule has 2 N–H and O–H groups in total. The lowest BCUT2D eigenvalue weighted by Gasteiger charge is -2.18. The first-order valence-electron chi connectivity index (χ1n) is 6.01. The maximum absolute atomic E-state index is 11.8. The third kappa shape index (κ3) is 4.79. The Hall–Kier alpha value is -2.25. The van der Waals surface area contributed by atoms with Gasteiger partial charge in [0.2, 0.25) is 5.91 Å². The van der Waals surface area contributed by atoms with Crippen molar-refractivity contribution in [2.24, 2.45) is 0 Å². The van der Waals surface area contributed by atoms with Gasteiger partial charge in [0.15, 0.2) is 0 Å². The molecule has 0 aliphatic carbocycles. The zero-order chi connectivity index (χ0) is 15.0. The third-order valence-electron chi connectivity index (χ3n) is 2.55. The number of benzene rings is 1. The summed E-state index contributed by atoms with van der Waals surface area (Å²) >= 11 is 0. The fraction of sp³-hybridized carbons (Fsp3) is 0.308. The lowest BCUT2D eigenvalue weighted by molar-refractivity contribution is -0.384. The van der Waals surface area contributed by atoms with Gasteiger partial charge in [0.05, 0.1) is 18.1 Å². The summed E-state index contributed by atoms with van der Waals surface area (Å²) in [5.74, 6) is -0.375. The van der Waals surface area contributed by atoms with Gasteiger partial charge in [0, 0.05) is 31.3 Å². The van der Waals surface area contributed by atoms with Gasteiger partial charge in [-0.25, -0.2) is 0 Å². The summed E-state index contributed by atoms with van der Waals surface area (Å²) < 4.78 is 0. The van der Waals surface area contributed by atoms with E-state index in [1.807, 2.05) is 0 Å². The number of hydrogen-bond acceptors (Lipinski definition) is 5. The van der Waals surface area contributed by atoms with Crippen LogP contribution >= 0.6 is 0 Å². The van der Waals surface area contributed by atoms with Gasteiger partial charge in [-0.05, 0) is 11.6 Å². The van der Waals surface area contributed by atoms with E-state index in [-0.39, 0.29) is 37.9 Å². The van der Waals surface area contributed by atoms with Crippen molar-refractivity contribution < 1.29 is 19.9 Å². The van der Waals surface area contributed by atoms with Crippen LogP contribution in [0.25, 0.3) is 6.08 Å². The zero-order valence-electron chi connectivity index (χ0n) is 10.8. The highest BCUT2D eigenvalue weighted by Gasteiger charge is 2.09. The summed E-state index contributed by atoms with van der Waals surface area (Å²) in [4.78, 5) is 23.2. The van der Waals surface area contributed by atoms with Crippen LogP contribution in [0, 0.1) is 10.1 Å². The highest BCUT2D eigenvalue weighted by atomic mass is 16.6. The number of aliphatic hydroxyl groups is 2. The third-order valence-corrected chi connectivity index (χ3v) is 2.55. The van der Waals surface area contributed by atoms with Crippen LogP contribution < -0.4 is 0 Å². The summed E-state index contributed by atoms with van der Waals surface area (Å²) in [5.41, 5.74) is 0.475. The molecule has 1 aromatic carbocycles. The molecule has 0 aromatic heterocycles. The van der Waals surface area contributed by atoms with Crippen molar-refractivity contribution in [2.75, 3.05) is 26.3 Å². The Morgan fingerprint density at radius 2 is 1.95 bits per heavy atom. The van der Waals surface area contributed by atoms with Gasteiger partial charge in [-0.15, -0.1) is 0 Å². The van der Waals surface area contributed by atoms with Crippen LogP contribution in [-0.4, -0.2) is 52.2 Å². The number of carbonyl (C=O) groups is 1. The molecule has 0 saturated heterocycles. The van der Waals surface area contributed by atoms with E-state index < -0.39 is 4.92 Å². The molecule has 1 rings (SSSR count). The Balaban J connectivity index is 2.77. The second kappa shape index (κ2) is 8.03. The monoisotopic (exact) mass is 280 g/mol. The van der Waals surface area contributed by atoms with Crippen molar-refractivity contribution >= 4 is 17.7 Å². The van der Waals surface area contributed by atoms with E-state index in [1.54, 1.807) is 6.07 Å². The lowest BCUT2D eigenvalue weighted by Crippen LogP contribution is -2.34. The Morgan fingerprint density at radius 1 is 1.30 bits per heavy atom. The summed E-state index contributed by atoms with van der Waals surface area (Å²) in [5, 5.41) is 28.3. The van der Waals surface area contributed by atoms with Crippen molar-refractivity contribution in [1.82, 2.24) is 4.90 Å². The van der Waals surface area contributed by atoms with E-state index in [2.05, 4.69) is 0 Å². The molecule has 0 bridgehead atoms. The zero-order valence-corrected chi connectivity index (χ0v) is 10.8. The molecule has 0 unspecified atom stereocenters. The first-order chi connectivity index (χ1) is 9.58. The average Bonchev–Trinajstić information content (AvgIpc) is 2.45. The molecule has 0 spiro atoms. The number of nitro groups is 1. The van der Waals surface area contributed by atoms with Crippen LogP contribution in [0.1, 0.15) is 5.56 Å². The second-order valence-corrected chi connectivity index (χ2v) is 3.96. The molecule has 7 heteroatoms. The van der Waals surface area contributed by atoms with Gasteiger partial charge in [-0.3, -0.25) is 14.9 Å². The second-order valence-electron chi connectivity index (χ2n) is 3.96. The fourth-order valence-corrected chi connectivity index (χ4v) is 1.59. The quantitative estimate of drug-likeness (QED) is 0.428. The number of nitrogens with zero attached hydrogens (tertiary/aromatic N) is 2. The Bertz CT molecular complexity index is 495. The van der Waals surface area contributed by atoms with Gasteiger partial charge in [0.25, 0.3) is 5.69 Å². The normalized spacial score (nSPS) is 10.7. The minimum atomic E-state index is -0.511. The van der Waals surface area contributed by atoms with Gasteiger partial charge in [0.1, 0.15) is 0 Å². The Kier molecular flexibility index (Phi) is 6.34. The minimum Gasteiger partial charge on any atom is -0.395 e. The number of carbonyl (C=O) groups excluding carboxylic acids is 1. The fourth-order valence-electron chi connectivity index (χ4n) is 1.59. The van der Waals surface area contributed by atoms with Crippen LogP contribution in [0.4, 0.5) is 5.69 Å². The van der Waals surface area contributed by atoms with E-state index in [0.29, 0.717) is 5.56 Å². The molecule has 0 radical (unpaired) electrons. The van der Waals surface area contributed by atoms with Gasteiger partial charge < -0.3 is 15.1 Å². The number of aliphatic hydroxyl groups excluding tert-OH is 2. The molecule has 20 heavy (non-hydrogen) atoms. The van der Waals surface area contributed by atoms with Crippen molar-refractivity contribution in [3.8, 4) is 0 Å². The van der Waals surface area contributed by atoms with Crippen molar-refractivity contribution in [1.29, 1.82) is 0 Å². The lowest BCUT2D eigenvalue weighted by atomic mass is 10.2. The van der Waals surface area contributed by atoms with Crippen LogP contribution in [-0.2, 0) is 4.79 Å². The van der Waals surface area contributed by atoms with E-state index in [0.717, 1.165) is 0 Å². The van der Waals surface area contributed by atoms with E-state index in [1.165, 1.54) is 35.3 Å². The molecule has 108 valence electrons. The number of nitro benzene ring substituents is 1. The Morgan fingerprint density at radius 3 is 2.50 bits per heavy atom. The molecule has 1 aromatic rings. The molecule has 1 amide bonds. The molecule has 0 heterocycles. The van der Waals surface area contributed by atoms with Gasteiger partial charge >= 0.3 is 0 Å². The average molecular weight is 280 g/mol. The highest BCUT2D eigenvalue weighted by molar-refractivity contribution is 5.91. The topological polar surface area (TPSA) is 104 Å². The van der Waals surface area contributed by atoms with Crippen LogP contribution in [0.2, 0.25) is 0 Å². The predicted molar refractivity (Wildman–Crippen MR) is 72.9 cm³/mol.